The third kappa shape index (κ3) is 2.14. The van der Waals surface area contributed by atoms with Crippen molar-refractivity contribution in [2.75, 3.05) is 11.9 Å². The van der Waals surface area contributed by atoms with E-state index < -0.39 is 0 Å². The van der Waals surface area contributed by atoms with E-state index in [1.165, 1.54) is 0 Å². The quantitative estimate of drug-likeness (QED) is 0.888. The van der Waals surface area contributed by atoms with Crippen molar-refractivity contribution in [3.8, 4) is 5.82 Å². The molecule has 2 rings (SSSR count). The van der Waals surface area contributed by atoms with Crippen LogP contribution in [0.3, 0.4) is 0 Å². The molecule has 0 unspecified atom stereocenters. The van der Waals surface area contributed by atoms with Crippen LogP contribution in [0.5, 0.6) is 0 Å². The van der Waals surface area contributed by atoms with Gasteiger partial charge in [-0.3, -0.25) is 0 Å². The monoisotopic (exact) mass is 237 g/mol. The highest BCUT2D eigenvalue weighted by atomic mass is 35.5. The van der Waals surface area contributed by atoms with Gasteiger partial charge in [0.25, 0.3) is 0 Å². The van der Waals surface area contributed by atoms with E-state index in [4.69, 9.17) is 11.6 Å². The third-order valence-electron chi connectivity index (χ3n) is 2.00. The molecule has 0 spiro atoms. The van der Waals surface area contributed by atoms with Crippen molar-refractivity contribution in [3.05, 3.63) is 29.2 Å². The van der Waals surface area contributed by atoms with Crippen molar-refractivity contribution in [2.24, 2.45) is 0 Å². The molecule has 1 N–H and O–H groups in total. The van der Waals surface area contributed by atoms with Gasteiger partial charge in [0.1, 0.15) is 5.02 Å². The van der Waals surface area contributed by atoms with Crippen molar-refractivity contribution < 1.29 is 0 Å². The number of anilines is 1. The number of hydrogen-bond donors (Lipinski definition) is 1. The Bertz CT molecular complexity index is 494. The second kappa shape index (κ2) is 4.49. The number of hydrogen-bond acceptors (Lipinski definition) is 4. The summed E-state index contributed by atoms with van der Waals surface area (Å²) in [7, 11) is 0. The Balaban J connectivity index is 2.42. The molecule has 16 heavy (non-hydrogen) atoms. The van der Waals surface area contributed by atoms with Crippen LogP contribution in [0.1, 0.15) is 12.6 Å². The Kier molecular flexibility index (Phi) is 3.05. The molecule has 6 heteroatoms. The van der Waals surface area contributed by atoms with Crippen molar-refractivity contribution >= 4 is 17.5 Å². The number of nitrogens with one attached hydrogen (secondary N) is 1. The van der Waals surface area contributed by atoms with Crippen LogP contribution in [0, 0.1) is 6.92 Å². The lowest BCUT2D eigenvalue weighted by molar-refractivity contribution is 0.826. The van der Waals surface area contributed by atoms with E-state index in [0.29, 0.717) is 16.8 Å². The predicted octanol–water partition coefficient (Wildman–Crippen LogP) is 2.06. The summed E-state index contributed by atoms with van der Waals surface area (Å²) in [5.41, 5.74) is 0.916. The Hall–Kier alpha value is -1.62. The fourth-order valence-corrected chi connectivity index (χ4v) is 1.47. The van der Waals surface area contributed by atoms with Crippen LogP contribution in [-0.2, 0) is 0 Å². The number of nitrogens with zero attached hydrogens (tertiary/aromatic N) is 4. The molecule has 5 nitrogen and oxygen atoms in total. The summed E-state index contributed by atoms with van der Waals surface area (Å²) in [4.78, 5) is 8.36. The SMILES string of the molecule is CCNc1ncc(Cl)c(-n2ccc(C)n2)n1. The summed E-state index contributed by atoms with van der Waals surface area (Å²) in [6.45, 7) is 4.66. The van der Waals surface area contributed by atoms with Crippen LogP contribution in [0.25, 0.3) is 5.82 Å². The van der Waals surface area contributed by atoms with E-state index in [1.54, 1.807) is 10.9 Å². The standard InChI is InChI=1S/C10H12ClN5/c1-3-12-10-13-6-8(11)9(14-10)16-5-4-7(2)15-16/h4-6H,3H2,1-2H3,(H,12,13,14). The van der Waals surface area contributed by atoms with Gasteiger partial charge in [-0.1, -0.05) is 11.6 Å². The molecular weight excluding hydrogens is 226 g/mol. The molecule has 2 aromatic heterocycles. The van der Waals surface area contributed by atoms with Gasteiger partial charge < -0.3 is 5.32 Å². The Morgan fingerprint density at radius 2 is 2.31 bits per heavy atom. The molecule has 0 aliphatic rings. The van der Waals surface area contributed by atoms with E-state index in [1.807, 2.05) is 26.1 Å². The largest absolute Gasteiger partial charge is 0.354 e. The fourth-order valence-electron chi connectivity index (χ4n) is 1.30. The van der Waals surface area contributed by atoms with Gasteiger partial charge in [-0.05, 0) is 19.9 Å². The molecular formula is C10H12ClN5. The first-order valence-corrected chi connectivity index (χ1v) is 5.37. The van der Waals surface area contributed by atoms with Gasteiger partial charge in [0.05, 0.1) is 11.9 Å². The highest BCUT2D eigenvalue weighted by molar-refractivity contribution is 6.32. The van der Waals surface area contributed by atoms with E-state index in [2.05, 4.69) is 20.4 Å². The fraction of sp³-hybridized carbons (Fsp3) is 0.300. The van der Waals surface area contributed by atoms with Gasteiger partial charge in [0.15, 0.2) is 5.82 Å². The van der Waals surface area contributed by atoms with Crippen molar-refractivity contribution in [2.45, 2.75) is 13.8 Å². The molecule has 0 aliphatic heterocycles. The van der Waals surface area contributed by atoms with Crippen LogP contribution < -0.4 is 5.32 Å². The Labute approximate surface area is 98.5 Å². The molecule has 0 saturated carbocycles. The average Bonchev–Trinajstić information content (AvgIpc) is 2.68. The average molecular weight is 238 g/mol. The van der Waals surface area contributed by atoms with Crippen molar-refractivity contribution in [3.63, 3.8) is 0 Å². The van der Waals surface area contributed by atoms with E-state index in [-0.39, 0.29) is 0 Å². The van der Waals surface area contributed by atoms with Crippen LogP contribution in [0.4, 0.5) is 5.95 Å². The summed E-state index contributed by atoms with van der Waals surface area (Å²) in [6, 6.07) is 1.89. The molecule has 0 aliphatic carbocycles. The van der Waals surface area contributed by atoms with Gasteiger partial charge in [-0.2, -0.15) is 10.1 Å². The van der Waals surface area contributed by atoms with Gasteiger partial charge in [-0.25, -0.2) is 9.67 Å². The third-order valence-corrected chi connectivity index (χ3v) is 2.27. The van der Waals surface area contributed by atoms with Gasteiger partial charge >= 0.3 is 0 Å². The number of rotatable bonds is 3. The summed E-state index contributed by atoms with van der Waals surface area (Å²) in [6.07, 6.45) is 3.39. The normalized spacial score (nSPS) is 10.4. The molecule has 0 bridgehead atoms. The minimum atomic E-state index is 0.477. The van der Waals surface area contributed by atoms with E-state index >= 15 is 0 Å². The zero-order valence-electron chi connectivity index (χ0n) is 9.11. The molecule has 84 valence electrons. The lowest BCUT2D eigenvalue weighted by Gasteiger charge is -2.06. The van der Waals surface area contributed by atoms with Gasteiger partial charge in [0, 0.05) is 12.7 Å². The Morgan fingerprint density at radius 1 is 1.50 bits per heavy atom. The van der Waals surface area contributed by atoms with Gasteiger partial charge in [-0.15, -0.1) is 0 Å². The van der Waals surface area contributed by atoms with Gasteiger partial charge in [0.2, 0.25) is 5.95 Å². The summed E-state index contributed by atoms with van der Waals surface area (Å²) >= 11 is 6.03. The predicted molar refractivity (Wildman–Crippen MR) is 63.1 cm³/mol. The molecule has 0 saturated heterocycles. The van der Waals surface area contributed by atoms with E-state index in [9.17, 15) is 0 Å². The molecule has 0 aromatic carbocycles. The van der Waals surface area contributed by atoms with Crippen LogP contribution in [-0.4, -0.2) is 26.3 Å². The first-order chi connectivity index (χ1) is 7.70. The smallest absolute Gasteiger partial charge is 0.224 e. The minimum Gasteiger partial charge on any atom is -0.354 e. The summed E-state index contributed by atoms with van der Waals surface area (Å²) in [5, 5.41) is 7.76. The number of halogens is 1. The Morgan fingerprint density at radius 3 is 2.94 bits per heavy atom. The topological polar surface area (TPSA) is 55.6 Å². The molecule has 0 atom stereocenters. The van der Waals surface area contributed by atoms with Crippen LogP contribution >= 0.6 is 11.6 Å². The maximum absolute atomic E-state index is 6.03. The van der Waals surface area contributed by atoms with Crippen LogP contribution in [0.15, 0.2) is 18.5 Å². The molecule has 2 heterocycles. The highest BCUT2D eigenvalue weighted by Crippen LogP contribution is 2.17. The van der Waals surface area contributed by atoms with Crippen molar-refractivity contribution in [1.82, 2.24) is 19.7 Å². The lowest BCUT2D eigenvalue weighted by atomic mass is 10.5. The lowest BCUT2D eigenvalue weighted by Crippen LogP contribution is -2.06. The second-order valence-corrected chi connectivity index (χ2v) is 3.70. The maximum atomic E-state index is 6.03. The first-order valence-electron chi connectivity index (χ1n) is 4.99. The number of aromatic nitrogens is 4. The first kappa shape index (κ1) is 10.9. The minimum absolute atomic E-state index is 0.477. The molecule has 0 radical (unpaired) electrons. The summed E-state index contributed by atoms with van der Waals surface area (Å²) in [5.74, 6) is 1.13. The zero-order valence-corrected chi connectivity index (χ0v) is 9.86. The highest BCUT2D eigenvalue weighted by Gasteiger charge is 2.07. The van der Waals surface area contributed by atoms with Crippen molar-refractivity contribution in [1.29, 1.82) is 0 Å². The zero-order chi connectivity index (χ0) is 11.5. The maximum Gasteiger partial charge on any atom is 0.224 e. The molecule has 2 aromatic rings. The van der Waals surface area contributed by atoms with E-state index in [0.717, 1.165) is 12.2 Å². The van der Waals surface area contributed by atoms with Crippen LogP contribution in [0.2, 0.25) is 5.02 Å². The summed E-state index contributed by atoms with van der Waals surface area (Å²) < 4.78 is 1.64. The number of aryl methyl sites for hydroxylation is 1. The second-order valence-electron chi connectivity index (χ2n) is 3.30. The molecule has 0 fully saturated rings. The molecule has 0 amide bonds.